The van der Waals surface area contributed by atoms with Gasteiger partial charge in [-0.1, -0.05) is 13.8 Å². The van der Waals surface area contributed by atoms with Crippen molar-refractivity contribution >= 4 is 5.82 Å². The van der Waals surface area contributed by atoms with E-state index in [9.17, 15) is 4.79 Å². The molecule has 4 atom stereocenters. The Morgan fingerprint density at radius 2 is 2.29 bits per heavy atom. The molecule has 1 aromatic rings. The van der Waals surface area contributed by atoms with Gasteiger partial charge in [0.05, 0.1) is 5.60 Å². The number of nitrogens with two attached hydrogens (primary N) is 1. The van der Waals surface area contributed by atoms with Gasteiger partial charge in [-0.3, -0.25) is 4.57 Å². The summed E-state index contributed by atoms with van der Waals surface area (Å²) < 4.78 is 13.8. The summed E-state index contributed by atoms with van der Waals surface area (Å²) in [6.07, 6.45) is 4.02. The highest BCUT2D eigenvalue weighted by Gasteiger charge is 2.56. The number of aryl methyl sites for hydroxylation is 1. The van der Waals surface area contributed by atoms with Gasteiger partial charge in [0.15, 0.2) is 6.23 Å². The Labute approximate surface area is 124 Å². The zero-order valence-corrected chi connectivity index (χ0v) is 12.8. The second kappa shape index (κ2) is 5.10. The molecular weight excluding hydrogens is 270 g/mol. The fraction of sp³-hybridized carbons (Fsp3) is 0.733. The van der Waals surface area contributed by atoms with Crippen LogP contribution in [0.1, 0.15) is 44.9 Å². The zero-order chi connectivity index (χ0) is 15.2. The predicted octanol–water partition coefficient (Wildman–Crippen LogP) is 1.63. The Hall–Kier alpha value is -1.40. The number of anilines is 1. The summed E-state index contributed by atoms with van der Waals surface area (Å²) in [5.41, 5.74) is 5.92. The van der Waals surface area contributed by atoms with Gasteiger partial charge in [-0.05, 0) is 19.8 Å². The van der Waals surface area contributed by atoms with E-state index in [0.717, 1.165) is 24.8 Å². The molecule has 0 aliphatic carbocycles. The summed E-state index contributed by atoms with van der Waals surface area (Å²) in [5.74, 6) is 0.585. The lowest BCUT2D eigenvalue weighted by Gasteiger charge is -2.37. The minimum atomic E-state index is -0.406. The van der Waals surface area contributed by atoms with Gasteiger partial charge < -0.3 is 15.2 Å². The highest BCUT2D eigenvalue weighted by Crippen LogP contribution is 2.51. The van der Waals surface area contributed by atoms with E-state index in [1.807, 2.05) is 6.92 Å². The van der Waals surface area contributed by atoms with Gasteiger partial charge in [0.2, 0.25) is 0 Å². The monoisotopic (exact) mass is 293 g/mol. The lowest BCUT2D eigenvalue weighted by molar-refractivity contribution is -0.0918. The van der Waals surface area contributed by atoms with Crippen LogP contribution in [-0.2, 0) is 9.47 Å². The Bertz CT molecular complexity index is 600. The van der Waals surface area contributed by atoms with Crippen molar-refractivity contribution in [2.24, 2.45) is 5.92 Å². The predicted molar refractivity (Wildman–Crippen MR) is 78.9 cm³/mol. The molecule has 2 N–H and O–H groups in total. The van der Waals surface area contributed by atoms with Crippen LogP contribution in [0.5, 0.6) is 0 Å². The number of rotatable bonds is 3. The summed E-state index contributed by atoms with van der Waals surface area (Å²) in [6.45, 7) is 6.81. The molecule has 2 saturated heterocycles. The van der Waals surface area contributed by atoms with Crippen molar-refractivity contribution in [3.05, 3.63) is 22.2 Å². The second-order valence-electron chi connectivity index (χ2n) is 6.03. The van der Waals surface area contributed by atoms with E-state index in [4.69, 9.17) is 15.2 Å². The molecule has 0 saturated carbocycles. The van der Waals surface area contributed by atoms with Crippen LogP contribution < -0.4 is 11.4 Å². The zero-order valence-electron chi connectivity index (χ0n) is 12.8. The van der Waals surface area contributed by atoms with E-state index in [1.165, 1.54) is 0 Å². The Morgan fingerprint density at radius 1 is 1.52 bits per heavy atom. The molecule has 3 heterocycles. The minimum absolute atomic E-state index is 0.0915. The van der Waals surface area contributed by atoms with Gasteiger partial charge in [0.1, 0.15) is 11.9 Å². The molecule has 1 unspecified atom stereocenters. The van der Waals surface area contributed by atoms with Crippen LogP contribution in [0.15, 0.2) is 11.0 Å². The first-order chi connectivity index (χ1) is 10.0. The molecule has 6 heteroatoms. The number of hydrogen-bond acceptors (Lipinski definition) is 5. The maximum atomic E-state index is 12.2. The third-order valence-electron chi connectivity index (χ3n) is 5.03. The van der Waals surface area contributed by atoms with Gasteiger partial charge in [-0.15, -0.1) is 0 Å². The first-order valence-corrected chi connectivity index (χ1v) is 7.67. The first-order valence-electron chi connectivity index (χ1n) is 7.67. The molecular formula is C15H23N3O3. The SMILES string of the molecule is CCC1[C@@H]2OCC[C@@]1(CC)O[C@H]2n1cc(C)c(N)nc1=O. The van der Waals surface area contributed by atoms with E-state index in [1.54, 1.807) is 10.8 Å². The van der Waals surface area contributed by atoms with Crippen molar-refractivity contribution in [2.45, 2.75) is 58.0 Å². The molecule has 2 bridgehead atoms. The number of aromatic nitrogens is 2. The number of ether oxygens (including phenoxy) is 2. The van der Waals surface area contributed by atoms with E-state index in [0.29, 0.717) is 12.5 Å². The van der Waals surface area contributed by atoms with E-state index >= 15 is 0 Å². The molecule has 1 aromatic heterocycles. The van der Waals surface area contributed by atoms with E-state index < -0.39 is 6.23 Å². The van der Waals surface area contributed by atoms with Crippen molar-refractivity contribution in [1.29, 1.82) is 0 Å². The molecule has 0 amide bonds. The molecule has 6 nitrogen and oxygen atoms in total. The van der Waals surface area contributed by atoms with Crippen molar-refractivity contribution in [3.63, 3.8) is 0 Å². The van der Waals surface area contributed by atoms with Gasteiger partial charge >= 0.3 is 5.69 Å². The largest absolute Gasteiger partial charge is 0.383 e. The fourth-order valence-electron chi connectivity index (χ4n) is 3.81. The normalized spacial score (nSPS) is 35.1. The van der Waals surface area contributed by atoms with Crippen molar-refractivity contribution in [1.82, 2.24) is 9.55 Å². The van der Waals surface area contributed by atoms with Gasteiger partial charge in [0.25, 0.3) is 0 Å². The topological polar surface area (TPSA) is 79.4 Å². The fourth-order valence-corrected chi connectivity index (χ4v) is 3.81. The summed E-state index contributed by atoms with van der Waals surface area (Å²) in [6, 6.07) is 0. The molecule has 3 rings (SSSR count). The summed E-state index contributed by atoms with van der Waals surface area (Å²) in [4.78, 5) is 16.1. The van der Waals surface area contributed by atoms with E-state index in [-0.39, 0.29) is 23.2 Å². The van der Waals surface area contributed by atoms with Crippen LogP contribution in [0.3, 0.4) is 0 Å². The number of nitrogens with zero attached hydrogens (tertiary/aromatic N) is 2. The molecule has 116 valence electrons. The van der Waals surface area contributed by atoms with E-state index in [2.05, 4.69) is 18.8 Å². The second-order valence-corrected chi connectivity index (χ2v) is 6.03. The summed E-state index contributed by atoms with van der Waals surface area (Å²) in [7, 11) is 0. The Morgan fingerprint density at radius 3 is 2.90 bits per heavy atom. The summed E-state index contributed by atoms with van der Waals surface area (Å²) >= 11 is 0. The molecule has 2 aliphatic rings. The molecule has 21 heavy (non-hydrogen) atoms. The lowest BCUT2D eigenvalue weighted by atomic mass is 9.78. The minimum Gasteiger partial charge on any atom is -0.383 e. The average molecular weight is 293 g/mol. The highest BCUT2D eigenvalue weighted by atomic mass is 16.6. The van der Waals surface area contributed by atoms with Gasteiger partial charge in [-0.2, -0.15) is 4.98 Å². The standard InChI is InChI=1S/C15H23N3O3/c1-4-10-11-13(21-15(10,5-2)6-7-20-11)18-8-9(3)12(16)17-14(18)19/h8,10-11,13H,4-7H2,1-3H3,(H2,16,17,19)/t10?,11-,13+,15+/m0/s1. The van der Waals surface area contributed by atoms with Crippen LogP contribution >= 0.6 is 0 Å². The number of fused-ring (bicyclic) bond motifs is 2. The molecule has 0 radical (unpaired) electrons. The maximum Gasteiger partial charge on any atom is 0.351 e. The molecule has 0 spiro atoms. The quantitative estimate of drug-likeness (QED) is 0.916. The number of hydrogen-bond donors (Lipinski definition) is 1. The lowest BCUT2D eigenvalue weighted by Crippen LogP contribution is -2.43. The van der Waals surface area contributed by atoms with Crippen LogP contribution in [-0.4, -0.2) is 27.9 Å². The van der Waals surface area contributed by atoms with Crippen LogP contribution in [0.25, 0.3) is 0 Å². The van der Waals surface area contributed by atoms with Crippen molar-refractivity contribution < 1.29 is 9.47 Å². The van der Waals surface area contributed by atoms with Crippen LogP contribution in [0, 0.1) is 12.8 Å². The third-order valence-corrected chi connectivity index (χ3v) is 5.03. The van der Waals surface area contributed by atoms with Crippen LogP contribution in [0.4, 0.5) is 5.82 Å². The van der Waals surface area contributed by atoms with Gasteiger partial charge in [-0.25, -0.2) is 4.79 Å². The molecule has 0 aromatic carbocycles. The van der Waals surface area contributed by atoms with Crippen molar-refractivity contribution in [3.8, 4) is 0 Å². The summed E-state index contributed by atoms with van der Waals surface area (Å²) in [5, 5.41) is 0. The average Bonchev–Trinajstić information content (AvgIpc) is 2.65. The number of nitrogen functional groups attached to an aromatic ring is 1. The van der Waals surface area contributed by atoms with Crippen LogP contribution in [0.2, 0.25) is 0 Å². The Kier molecular flexibility index (Phi) is 3.53. The highest BCUT2D eigenvalue weighted by molar-refractivity contribution is 5.35. The molecule has 2 aliphatic heterocycles. The first kappa shape index (κ1) is 14.5. The maximum absolute atomic E-state index is 12.2. The third kappa shape index (κ3) is 2.08. The Balaban J connectivity index is 2.05. The van der Waals surface area contributed by atoms with Gasteiger partial charge in [0, 0.05) is 30.7 Å². The molecule has 2 fully saturated rings. The van der Waals surface area contributed by atoms with Crippen molar-refractivity contribution in [2.75, 3.05) is 12.3 Å². The smallest absolute Gasteiger partial charge is 0.351 e.